The van der Waals surface area contributed by atoms with Gasteiger partial charge in [0.15, 0.2) is 0 Å². The molecule has 2 aromatic carbocycles. The van der Waals surface area contributed by atoms with E-state index in [1.165, 1.54) is 12.1 Å². The number of amides is 1. The second-order valence-corrected chi connectivity index (χ2v) is 6.19. The SMILES string of the molecule is CN(C(=O)c1ccc(Cl)cc1)[C@H](c1ccc(F)cc1)C1CC1. The lowest BCUT2D eigenvalue weighted by atomic mass is 10.00. The van der Waals surface area contributed by atoms with E-state index in [9.17, 15) is 9.18 Å². The fraction of sp³-hybridized carbons (Fsp3) is 0.278. The molecule has 0 radical (unpaired) electrons. The third-order valence-electron chi connectivity index (χ3n) is 4.11. The van der Waals surface area contributed by atoms with Crippen LogP contribution in [0.25, 0.3) is 0 Å². The molecule has 0 saturated heterocycles. The summed E-state index contributed by atoms with van der Waals surface area (Å²) in [5.41, 5.74) is 1.59. The highest BCUT2D eigenvalue weighted by atomic mass is 35.5. The van der Waals surface area contributed by atoms with Crippen molar-refractivity contribution in [3.8, 4) is 0 Å². The molecule has 1 aliphatic rings. The lowest BCUT2D eigenvalue weighted by Crippen LogP contribution is -2.32. The molecule has 0 unspecified atom stereocenters. The minimum atomic E-state index is -0.259. The van der Waals surface area contributed by atoms with Crippen LogP contribution >= 0.6 is 11.6 Å². The van der Waals surface area contributed by atoms with Gasteiger partial charge in [0.1, 0.15) is 5.82 Å². The van der Waals surface area contributed by atoms with E-state index in [1.54, 1.807) is 41.3 Å². The highest BCUT2D eigenvalue weighted by molar-refractivity contribution is 6.30. The molecule has 0 N–H and O–H groups in total. The van der Waals surface area contributed by atoms with Crippen LogP contribution in [0.4, 0.5) is 4.39 Å². The van der Waals surface area contributed by atoms with Crippen LogP contribution < -0.4 is 0 Å². The van der Waals surface area contributed by atoms with Crippen molar-refractivity contribution >= 4 is 17.5 Å². The molecule has 1 saturated carbocycles. The summed E-state index contributed by atoms with van der Waals surface area (Å²) >= 11 is 5.87. The van der Waals surface area contributed by atoms with Gasteiger partial charge in [-0.05, 0) is 60.7 Å². The number of hydrogen-bond acceptors (Lipinski definition) is 1. The summed E-state index contributed by atoms with van der Waals surface area (Å²) in [6.45, 7) is 0. The van der Waals surface area contributed by atoms with E-state index in [1.807, 2.05) is 7.05 Å². The second-order valence-electron chi connectivity index (χ2n) is 5.76. The number of halogens is 2. The molecule has 22 heavy (non-hydrogen) atoms. The van der Waals surface area contributed by atoms with Crippen molar-refractivity contribution < 1.29 is 9.18 Å². The van der Waals surface area contributed by atoms with Crippen molar-refractivity contribution in [1.82, 2.24) is 4.90 Å². The van der Waals surface area contributed by atoms with Crippen LogP contribution in [0.3, 0.4) is 0 Å². The van der Waals surface area contributed by atoms with Gasteiger partial charge in [-0.3, -0.25) is 4.79 Å². The highest BCUT2D eigenvalue weighted by Gasteiger charge is 2.37. The number of rotatable bonds is 4. The average Bonchev–Trinajstić information content (AvgIpc) is 3.34. The summed E-state index contributed by atoms with van der Waals surface area (Å²) in [6, 6.07) is 13.3. The first-order chi connectivity index (χ1) is 10.6. The molecule has 4 heteroatoms. The fourth-order valence-corrected chi connectivity index (χ4v) is 2.93. The van der Waals surface area contributed by atoms with E-state index in [-0.39, 0.29) is 17.8 Å². The Bertz CT molecular complexity index is 664. The lowest BCUT2D eigenvalue weighted by Gasteiger charge is -2.29. The topological polar surface area (TPSA) is 20.3 Å². The van der Waals surface area contributed by atoms with Crippen LogP contribution in [-0.4, -0.2) is 17.9 Å². The zero-order valence-electron chi connectivity index (χ0n) is 12.3. The maximum absolute atomic E-state index is 13.1. The largest absolute Gasteiger partial charge is 0.334 e. The molecular weight excluding hydrogens is 301 g/mol. The molecule has 2 nitrogen and oxygen atoms in total. The Morgan fingerprint density at radius 2 is 1.73 bits per heavy atom. The molecule has 2 aromatic rings. The zero-order valence-corrected chi connectivity index (χ0v) is 13.1. The molecule has 0 bridgehead atoms. The van der Waals surface area contributed by atoms with Gasteiger partial charge in [-0.25, -0.2) is 4.39 Å². The summed E-state index contributed by atoms with van der Waals surface area (Å²) in [5, 5.41) is 0.608. The van der Waals surface area contributed by atoms with Gasteiger partial charge in [0.05, 0.1) is 6.04 Å². The van der Waals surface area contributed by atoms with E-state index in [2.05, 4.69) is 0 Å². The van der Waals surface area contributed by atoms with Gasteiger partial charge >= 0.3 is 0 Å². The molecule has 1 amide bonds. The van der Waals surface area contributed by atoms with Crippen molar-refractivity contribution in [3.05, 3.63) is 70.5 Å². The Kier molecular flexibility index (Phi) is 4.16. The summed E-state index contributed by atoms with van der Waals surface area (Å²) < 4.78 is 13.1. The van der Waals surface area contributed by atoms with E-state index < -0.39 is 0 Å². The van der Waals surface area contributed by atoms with Crippen LogP contribution in [0.1, 0.15) is 34.8 Å². The molecule has 114 valence electrons. The number of benzene rings is 2. The zero-order chi connectivity index (χ0) is 15.7. The molecule has 1 fully saturated rings. The molecule has 0 spiro atoms. The van der Waals surface area contributed by atoms with E-state index in [0.717, 1.165) is 18.4 Å². The molecule has 0 heterocycles. The highest BCUT2D eigenvalue weighted by Crippen LogP contribution is 2.44. The molecule has 3 rings (SSSR count). The Hall–Kier alpha value is -1.87. The first-order valence-electron chi connectivity index (χ1n) is 7.34. The number of nitrogens with zero attached hydrogens (tertiary/aromatic N) is 1. The first-order valence-corrected chi connectivity index (χ1v) is 7.72. The molecule has 1 aliphatic carbocycles. The summed E-state index contributed by atoms with van der Waals surface area (Å²) in [6.07, 6.45) is 2.20. The van der Waals surface area contributed by atoms with Gasteiger partial charge in [-0.1, -0.05) is 23.7 Å². The Labute approximate surface area is 134 Å². The monoisotopic (exact) mass is 317 g/mol. The Morgan fingerprint density at radius 1 is 1.14 bits per heavy atom. The quantitative estimate of drug-likeness (QED) is 0.800. The Balaban J connectivity index is 1.86. The van der Waals surface area contributed by atoms with Crippen LogP contribution in [0.15, 0.2) is 48.5 Å². The van der Waals surface area contributed by atoms with Crippen molar-refractivity contribution in [2.75, 3.05) is 7.05 Å². The van der Waals surface area contributed by atoms with Gasteiger partial charge in [-0.15, -0.1) is 0 Å². The molecule has 1 atom stereocenters. The number of carbonyl (C=O) groups excluding carboxylic acids is 1. The number of hydrogen-bond donors (Lipinski definition) is 0. The van der Waals surface area contributed by atoms with Crippen LogP contribution in [-0.2, 0) is 0 Å². The van der Waals surface area contributed by atoms with Crippen molar-refractivity contribution in [3.63, 3.8) is 0 Å². The molecule has 0 aliphatic heterocycles. The predicted molar refractivity (Wildman–Crippen MR) is 85.4 cm³/mol. The normalized spacial score (nSPS) is 15.4. The smallest absolute Gasteiger partial charge is 0.254 e. The minimum Gasteiger partial charge on any atom is -0.334 e. The summed E-state index contributed by atoms with van der Waals surface area (Å²) in [5.74, 6) is 0.148. The maximum Gasteiger partial charge on any atom is 0.254 e. The number of carbonyl (C=O) groups is 1. The second kappa shape index (κ2) is 6.09. The van der Waals surface area contributed by atoms with Gasteiger partial charge in [0.25, 0.3) is 5.91 Å². The van der Waals surface area contributed by atoms with E-state index in [0.29, 0.717) is 16.5 Å². The van der Waals surface area contributed by atoms with Gasteiger partial charge < -0.3 is 4.90 Å². The van der Waals surface area contributed by atoms with E-state index >= 15 is 0 Å². The predicted octanol–water partition coefficient (Wildman–Crippen LogP) is 4.70. The fourth-order valence-electron chi connectivity index (χ4n) is 2.81. The average molecular weight is 318 g/mol. The van der Waals surface area contributed by atoms with Gasteiger partial charge in [0, 0.05) is 17.6 Å². The summed E-state index contributed by atoms with van der Waals surface area (Å²) in [7, 11) is 1.81. The standard InChI is InChI=1S/C18H17ClFNO/c1-21(18(22)14-4-8-15(19)9-5-14)17(12-2-3-12)13-6-10-16(20)11-7-13/h4-12,17H,2-3H2,1H3/t17-/m0/s1. The van der Waals surface area contributed by atoms with Crippen LogP contribution in [0.5, 0.6) is 0 Å². The van der Waals surface area contributed by atoms with Gasteiger partial charge in [-0.2, -0.15) is 0 Å². The molecule has 0 aromatic heterocycles. The van der Waals surface area contributed by atoms with Crippen molar-refractivity contribution in [1.29, 1.82) is 0 Å². The van der Waals surface area contributed by atoms with Crippen LogP contribution in [0, 0.1) is 11.7 Å². The van der Waals surface area contributed by atoms with E-state index in [4.69, 9.17) is 11.6 Å². The third-order valence-corrected chi connectivity index (χ3v) is 4.36. The molecular formula is C18H17ClFNO. The maximum atomic E-state index is 13.1. The van der Waals surface area contributed by atoms with Crippen molar-refractivity contribution in [2.24, 2.45) is 5.92 Å². The lowest BCUT2D eigenvalue weighted by molar-refractivity contribution is 0.0711. The Morgan fingerprint density at radius 3 is 2.27 bits per heavy atom. The third kappa shape index (κ3) is 3.14. The van der Waals surface area contributed by atoms with Crippen molar-refractivity contribution in [2.45, 2.75) is 18.9 Å². The van der Waals surface area contributed by atoms with Crippen LogP contribution in [0.2, 0.25) is 5.02 Å². The first kappa shape index (κ1) is 15.0. The van der Waals surface area contributed by atoms with Gasteiger partial charge in [0.2, 0.25) is 0 Å². The summed E-state index contributed by atoms with van der Waals surface area (Å²) in [4.78, 5) is 14.4. The minimum absolute atomic E-state index is 0.0104.